The van der Waals surface area contributed by atoms with Crippen LogP contribution in [-0.4, -0.2) is 21.4 Å². The molecule has 2 N–H and O–H groups in total. The summed E-state index contributed by atoms with van der Waals surface area (Å²) in [7, 11) is 0. The lowest BCUT2D eigenvalue weighted by Crippen LogP contribution is -1.87. The number of nitro benzene ring substituents is 1. The van der Waals surface area contributed by atoms with E-state index < -0.39 is 4.92 Å². The van der Waals surface area contributed by atoms with Gasteiger partial charge in [-0.3, -0.25) is 15.1 Å². The van der Waals surface area contributed by atoms with Crippen LogP contribution in [0.2, 0.25) is 0 Å². The van der Waals surface area contributed by atoms with Crippen LogP contribution in [0.3, 0.4) is 0 Å². The number of aliphatic imine (C=N–C) groups is 1. The maximum Gasteiger partial charge on any atom is 0.271 e. The fourth-order valence-electron chi connectivity index (χ4n) is 1.43. The SMILES string of the molecule is O=[N+]([O-])c1ccc(O)c(N=Cc2ccc(O)cc2)c1. The van der Waals surface area contributed by atoms with Crippen molar-refractivity contribution in [3.05, 3.63) is 58.1 Å². The fraction of sp³-hybridized carbons (Fsp3) is 0. The first kappa shape index (κ1) is 12.6. The molecule has 0 saturated heterocycles. The standard InChI is InChI=1S/C13H10N2O4/c16-11-4-1-9(2-5-11)8-14-12-7-10(15(18)19)3-6-13(12)17/h1-8,16-17H. The highest BCUT2D eigenvalue weighted by atomic mass is 16.6. The third-order valence-corrected chi connectivity index (χ3v) is 2.42. The van der Waals surface area contributed by atoms with E-state index in [2.05, 4.69) is 4.99 Å². The lowest BCUT2D eigenvalue weighted by atomic mass is 10.2. The van der Waals surface area contributed by atoms with Crippen LogP contribution in [0.1, 0.15) is 5.56 Å². The molecule has 0 saturated carbocycles. The Morgan fingerprint density at radius 2 is 1.79 bits per heavy atom. The van der Waals surface area contributed by atoms with Gasteiger partial charge in [-0.1, -0.05) is 0 Å². The molecule has 0 radical (unpaired) electrons. The van der Waals surface area contributed by atoms with Gasteiger partial charge >= 0.3 is 0 Å². The number of nitro groups is 1. The molecule has 0 aliphatic heterocycles. The van der Waals surface area contributed by atoms with Crippen molar-refractivity contribution in [2.75, 3.05) is 0 Å². The van der Waals surface area contributed by atoms with Gasteiger partial charge in [-0.25, -0.2) is 0 Å². The number of phenolic OH excluding ortho intramolecular Hbond substituents is 2. The van der Waals surface area contributed by atoms with Gasteiger partial charge in [-0.05, 0) is 35.9 Å². The van der Waals surface area contributed by atoms with Crippen molar-refractivity contribution in [2.45, 2.75) is 0 Å². The zero-order chi connectivity index (χ0) is 13.8. The molecular formula is C13H10N2O4. The van der Waals surface area contributed by atoms with E-state index in [0.717, 1.165) is 0 Å². The molecule has 0 unspecified atom stereocenters. The summed E-state index contributed by atoms with van der Waals surface area (Å²) in [5.74, 6) is -0.00373. The van der Waals surface area contributed by atoms with Crippen molar-refractivity contribution < 1.29 is 15.1 Å². The lowest BCUT2D eigenvalue weighted by Gasteiger charge is -1.99. The van der Waals surface area contributed by atoms with Gasteiger partial charge in [-0.15, -0.1) is 0 Å². The summed E-state index contributed by atoms with van der Waals surface area (Å²) < 4.78 is 0. The fourth-order valence-corrected chi connectivity index (χ4v) is 1.43. The van der Waals surface area contributed by atoms with Crippen molar-refractivity contribution in [3.63, 3.8) is 0 Å². The van der Waals surface area contributed by atoms with E-state index in [1.165, 1.54) is 36.5 Å². The summed E-state index contributed by atoms with van der Waals surface area (Å²) in [5, 5.41) is 29.3. The Kier molecular flexibility index (Phi) is 3.42. The summed E-state index contributed by atoms with van der Waals surface area (Å²) in [6.07, 6.45) is 1.44. The van der Waals surface area contributed by atoms with E-state index in [9.17, 15) is 15.2 Å². The van der Waals surface area contributed by atoms with Crippen molar-refractivity contribution in [3.8, 4) is 11.5 Å². The molecule has 0 aliphatic rings. The number of benzene rings is 2. The predicted molar refractivity (Wildman–Crippen MR) is 70.1 cm³/mol. The van der Waals surface area contributed by atoms with Gasteiger partial charge in [0, 0.05) is 18.3 Å². The number of nitrogens with zero attached hydrogens (tertiary/aromatic N) is 2. The lowest BCUT2D eigenvalue weighted by molar-refractivity contribution is -0.384. The van der Waals surface area contributed by atoms with E-state index in [-0.39, 0.29) is 22.9 Å². The summed E-state index contributed by atoms with van der Waals surface area (Å²) in [5.41, 5.74) is 0.668. The quantitative estimate of drug-likeness (QED) is 0.502. The maximum atomic E-state index is 10.6. The third-order valence-electron chi connectivity index (χ3n) is 2.42. The number of non-ortho nitro benzene ring substituents is 1. The van der Waals surface area contributed by atoms with E-state index in [1.807, 2.05) is 0 Å². The van der Waals surface area contributed by atoms with Crippen LogP contribution in [0.25, 0.3) is 0 Å². The highest BCUT2D eigenvalue weighted by Gasteiger charge is 2.08. The van der Waals surface area contributed by atoms with E-state index in [4.69, 9.17) is 5.11 Å². The average molecular weight is 258 g/mol. The number of hydrogen-bond acceptors (Lipinski definition) is 5. The number of rotatable bonds is 3. The molecule has 0 atom stereocenters. The van der Waals surface area contributed by atoms with Gasteiger partial charge in [0.05, 0.1) is 4.92 Å². The van der Waals surface area contributed by atoms with Gasteiger partial charge in [0.15, 0.2) is 0 Å². The van der Waals surface area contributed by atoms with Crippen molar-refractivity contribution in [1.82, 2.24) is 0 Å². The highest BCUT2D eigenvalue weighted by Crippen LogP contribution is 2.30. The molecule has 0 aliphatic carbocycles. The number of aromatic hydroxyl groups is 2. The molecule has 0 aromatic heterocycles. The monoisotopic (exact) mass is 258 g/mol. The molecule has 6 nitrogen and oxygen atoms in total. The minimum atomic E-state index is -0.557. The second-order valence-electron chi connectivity index (χ2n) is 3.78. The Morgan fingerprint density at radius 1 is 1.11 bits per heavy atom. The minimum Gasteiger partial charge on any atom is -0.508 e. The first-order valence-corrected chi connectivity index (χ1v) is 5.37. The molecule has 0 bridgehead atoms. The Hall–Kier alpha value is -2.89. The molecule has 0 fully saturated rings. The van der Waals surface area contributed by atoms with E-state index >= 15 is 0 Å². The number of hydrogen-bond donors (Lipinski definition) is 2. The van der Waals surface area contributed by atoms with Gasteiger partial charge in [-0.2, -0.15) is 0 Å². The zero-order valence-electron chi connectivity index (χ0n) is 9.72. The second kappa shape index (κ2) is 5.18. The van der Waals surface area contributed by atoms with Crippen LogP contribution in [0, 0.1) is 10.1 Å². The summed E-state index contributed by atoms with van der Waals surface area (Å²) in [4.78, 5) is 14.1. The maximum absolute atomic E-state index is 10.6. The second-order valence-corrected chi connectivity index (χ2v) is 3.78. The summed E-state index contributed by atoms with van der Waals surface area (Å²) in [6, 6.07) is 9.87. The van der Waals surface area contributed by atoms with Gasteiger partial charge in [0.1, 0.15) is 17.2 Å². The summed E-state index contributed by atoms with van der Waals surface area (Å²) >= 11 is 0. The average Bonchev–Trinajstić information content (AvgIpc) is 2.39. The zero-order valence-corrected chi connectivity index (χ0v) is 9.72. The Labute approximate surface area is 108 Å². The number of phenols is 2. The Morgan fingerprint density at radius 3 is 2.42 bits per heavy atom. The normalized spacial score (nSPS) is 10.7. The molecule has 0 heterocycles. The van der Waals surface area contributed by atoms with Crippen molar-refractivity contribution >= 4 is 17.6 Å². The largest absolute Gasteiger partial charge is 0.508 e. The predicted octanol–water partition coefficient (Wildman–Crippen LogP) is 2.76. The summed E-state index contributed by atoms with van der Waals surface area (Å²) in [6.45, 7) is 0. The first-order valence-electron chi connectivity index (χ1n) is 5.37. The smallest absolute Gasteiger partial charge is 0.271 e. The van der Waals surface area contributed by atoms with Crippen LogP contribution in [0.15, 0.2) is 47.5 Å². The molecule has 6 heteroatoms. The van der Waals surface area contributed by atoms with Gasteiger partial charge in [0.25, 0.3) is 5.69 Å². The first-order chi connectivity index (χ1) is 9.06. The molecule has 2 rings (SSSR count). The van der Waals surface area contributed by atoms with E-state index in [0.29, 0.717) is 5.56 Å². The van der Waals surface area contributed by atoms with E-state index in [1.54, 1.807) is 12.1 Å². The van der Waals surface area contributed by atoms with Crippen molar-refractivity contribution in [1.29, 1.82) is 0 Å². The van der Waals surface area contributed by atoms with Gasteiger partial charge in [0.2, 0.25) is 0 Å². The molecule has 96 valence electrons. The van der Waals surface area contributed by atoms with Crippen LogP contribution < -0.4 is 0 Å². The molecular weight excluding hydrogens is 248 g/mol. The molecule has 0 amide bonds. The van der Waals surface area contributed by atoms with Crippen LogP contribution in [-0.2, 0) is 0 Å². The van der Waals surface area contributed by atoms with Gasteiger partial charge < -0.3 is 10.2 Å². The highest BCUT2D eigenvalue weighted by molar-refractivity contribution is 5.83. The topological polar surface area (TPSA) is 96.0 Å². The third kappa shape index (κ3) is 3.06. The minimum absolute atomic E-state index is 0.113. The Balaban J connectivity index is 2.29. The van der Waals surface area contributed by atoms with Crippen LogP contribution >= 0.6 is 0 Å². The van der Waals surface area contributed by atoms with Crippen molar-refractivity contribution in [2.24, 2.45) is 4.99 Å². The Bertz CT molecular complexity index is 636. The molecule has 0 spiro atoms. The molecule has 2 aromatic carbocycles. The molecule has 19 heavy (non-hydrogen) atoms. The molecule has 2 aromatic rings. The van der Waals surface area contributed by atoms with Crippen LogP contribution in [0.4, 0.5) is 11.4 Å². The van der Waals surface area contributed by atoms with Crippen LogP contribution in [0.5, 0.6) is 11.5 Å².